The summed E-state index contributed by atoms with van der Waals surface area (Å²) in [5.74, 6) is -0.224. The normalized spacial score (nSPS) is 15.5. The number of carbonyl (C=O) groups excluding carboxylic acids is 1. The van der Waals surface area contributed by atoms with Crippen LogP contribution < -0.4 is 5.32 Å². The van der Waals surface area contributed by atoms with Crippen molar-refractivity contribution in [3.8, 4) is 0 Å². The van der Waals surface area contributed by atoms with Crippen molar-refractivity contribution < 1.29 is 13.2 Å². The number of aromatic amines is 1. The van der Waals surface area contributed by atoms with Crippen LogP contribution in [0.2, 0.25) is 0 Å². The highest BCUT2D eigenvalue weighted by Crippen LogP contribution is 2.27. The average Bonchev–Trinajstić information content (AvgIpc) is 3.10. The Hall–Kier alpha value is -2.16. The molecule has 1 aliphatic heterocycles. The molecule has 1 aromatic heterocycles. The Morgan fingerprint density at radius 2 is 1.72 bits per heavy atom. The van der Waals surface area contributed by atoms with Crippen molar-refractivity contribution in [3.63, 3.8) is 0 Å². The van der Waals surface area contributed by atoms with Gasteiger partial charge in [-0.1, -0.05) is 36.8 Å². The van der Waals surface area contributed by atoms with Crippen molar-refractivity contribution in [1.29, 1.82) is 0 Å². The van der Waals surface area contributed by atoms with E-state index < -0.39 is 10.0 Å². The molecule has 0 radical (unpaired) electrons. The second-order valence-electron chi connectivity index (χ2n) is 7.15. The third-order valence-electron chi connectivity index (χ3n) is 5.20. The van der Waals surface area contributed by atoms with Crippen LogP contribution in [-0.2, 0) is 16.6 Å². The van der Waals surface area contributed by atoms with Gasteiger partial charge in [0.15, 0.2) is 0 Å². The maximum absolute atomic E-state index is 12.7. The van der Waals surface area contributed by atoms with Crippen LogP contribution >= 0.6 is 15.9 Å². The van der Waals surface area contributed by atoms with Gasteiger partial charge in [-0.25, -0.2) is 8.42 Å². The SMILES string of the molecule is O=C(NCc1ccc(S(=O)(=O)N2CCCCC2)cc1)c1[nH]c2ccccc2c1Br. The molecule has 2 aromatic carbocycles. The maximum atomic E-state index is 12.7. The van der Waals surface area contributed by atoms with E-state index in [-0.39, 0.29) is 5.91 Å². The fraction of sp³-hybridized carbons (Fsp3) is 0.286. The third-order valence-corrected chi connectivity index (χ3v) is 7.94. The lowest BCUT2D eigenvalue weighted by molar-refractivity contribution is 0.0946. The number of nitrogens with zero attached hydrogens (tertiary/aromatic N) is 1. The summed E-state index contributed by atoms with van der Waals surface area (Å²) in [4.78, 5) is 16.0. The monoisotopic (exact) mass is 475 g/mol. The van der Waals surface area contributed by atoms with E-state index >= 15 is 0 Å². The molecule has 1 aliphatic rings. The van der Waals surface area contributed by atoms with E-state index in [2.05, 4.69) is 26.2 Å². The minimum atomic E-state index is -3.44. The maximum Gasteiger partial charge on any atom is 0.269 e. The Labute approximate surface area is 178 Å². The van der Waals surface area contributed by atoms with E-state index in [4.69, 9.17) is 0 Å². The number of carbonyl (C=O) groups is 1. The van der Waals surface area contributed by atoms with Crippen LogP contribution in [0, 0.1) is 0 Å². The molecule has 3 aromatic rings. The molecule has 0 aliphatic carbocycles. The molecule has 0 atom stereocenters. The first-order chi connectivity index (χ1) is 14.0. The molecule has 4 rings (SSSR count). The van der Waals surface area contributed by atoms with Gasteiger partial charge in [-0.2, -0.15) is 4.31 Å². The van der Waals surface area contributed by atoms with E-state index in [1.807, 2.05) is 24.3 Å². The number of halogens is 1. The van der Waals surface area contributed by atoms with Crippen LogP contribution in [-0.4, -0.2) is 36.7 Å². The van der Waals surface area contributed by atoms with E-state index in [0.29, 0.717) is 30.2 Å². The molecular formula is C21H22BrN3O3S. The van der Waals surface area contributed by atoms with Crippen molar-refractivity contribution in [1.82, 2.24) is 14.6 Å². The van der Waals surface area contributed by atoms with Gasteiger partial charge >= 0.3 is 0 Å². The van der Waals surface area contributed by atoms with Gasteiger partial charge in [0, 0.05) is 30.5 Å². The smallest absolute Gasteiger partial charge is 0.269 e. The molecule has 1 amide bonds. The number of fused-ring (bicyclic) bond motifs is 1. The first-order valence-electron chi connectivity index (χ1n) is 9.60. The highest BCUT2D eigenvalue weighted by molar-refractivity contribution is 9.10. The molecule has 0 unspecified atom stereocenters. The molecule has 0 saturated carbocycles. The Balaban J connectivity index is 1.43. The Morgan fingerprint density at radius 3 is 2.41 bits per heavy atom. The zero-order chi connectivity index (χ0) is 20.4. The second-order valence-corrected chi connectivity index (χ2v) is 9.88. The molecule has 1 saturated heterocycles. The Bertz CT molecular complexity index is 1130. The van der Waals surface area contributed by atoms with Gasteiger partial charge in [-0.3, -0.25) is 4.79 Å². The number of nitrogens with one attached hydrogen (secondary N) is 2. The number of rotatable bonds is 5. The van der Waals surface area contributed by atoms with Gasteiger partial charge in [-0.15, -0.1) is 0 Å². The quantitative estimate of drug-likeness (QED) is 0.584. The number of piperidine rings is 1. The molecule has 0 bridgehead atoms. The fourth-order valence-corrected chi connectivity index (χ4v) is 5.71. The van der Waals surface area contributed by atoms with Crippen LogP contribution in [0.4, 0.5) is 0 Å². The van der Waals surface area contributed by atoms with Gasteiger partial charge in [-0.05, 0) is 52.5 Å². The zero-order valence-electron chi connectivity index (χ0n) is 15.8. The first-order valence-corrected chi connectivity index (χ1v) is 11.8. The summed E-state index contributed by atoms with van der Waals surface area (Å²) in [5, 5.41) is 3.83. The number of amides is 1. The number of benzene rings is 2. The Kier molecular flexibility index (Phi) is 5.76. The van der Waals surface area contributed by atoms with Crippen molar-refractivity contribution in [2.75, 3.05) is 13.1 Å². The number of H-pyrrole nitrogens is 1. The molecule has 2 N–H and O–H groups in total. The van der Waals surface area contributed by atoms with Gasteiger partial charge < -0.3 is 10.3 Å². The predicted molar refractivity (Wildman–Crippen MR) is 116 cm³/mol. The van der Waals surface area contributed by atoms with Gasteiger partial charge in [0.25, 0.3) is 5.91 Å². The van der Waals surface area contributed by atoms with Crippen molar-refractivity contribution in [3.05, 3.63) is 64.3 Å². The molecule has 2 heterocycles. The minimum absolute atomic E-state index is 0.224. The van der Waals surface area contributed by atoms with Crippen LogP contribution in [0.25, 0.3) is 10.9 Å². The number of sulfonamides is 1. The fourth-order valence-electron chi connectivity index (χ4n) is 3.57. The molecule has 29 heavy (non-hydrogen) atoms. The average molecular weight is 476 g/mol. The van der Waals surface area contributed by atoms with Crippen LogP contribution in [0.3, 0.4) is 0 Å². The summed E-state index contributed by atoms with van der Waals surface area (Å²) in [6.45, 7) is 1.48. The number of hydrogen-bond acceptors (Lipinski definition) is 3. The van der Waals surface area contributed by atoms with Gasteiger partial charge in [0.2, 0.25) is 10.0 Å². The number of hydrogen-bond donors (Lipinski definition) is 2. The highest BCUT2D eigenvalue weighted by atomic mass is 79.9. The standard InChI is InChI=1S/C21H22BrN3O3S/c22-19-17-6-2-3-7-18(17)24-20(19)21(26)23-14-15-8-10-16(11-9-15)29(27,28)25-12-4-1-5-13-25/h2-3,6-11,24H,1,4-5,12-14H2,(H,23,26). The summed E-state index contributed by atoms with van der Waals surface area (Å²) in [7, 11) is -3.44. The molecule has 0 spiro atoms. The van der Waals surface area contributed by atoms with Crippen molar-refractivity contribution in [2.45, 2.75) is 30.7 Å². The van der Waals surface area contributed by atoms with Crippen molar-refractivity contribution in [2.24, 2.45) is 0 Å². The van der Waals surface area contributed by atoms with Gasteiger partial charge in [0.1, 0.15) is 5.69 Å². The van der Waals surface area contributed by atoms with Crippen LogP contribution in [0.1, 0.15) is 35.3 Å². The number of para-hydroxylation sites is 1. The zero-order valence-corrected chi connectivity index (χ0v) is 18.2. The second kappa shape index (κ2) is 8.30. The van der Waals surface area contributed by atoms with Crippen molar-refractivity contribution >= 4 is 42.8 Å². The number of aromatic nitrogens is 1. The summed E-state index contributed by atoms with van der Waals surface area (Å²) in [5.41, 5.74) is 2.19. The van der Waals surface area contributed by atoms with E-state index in [1.54, 1.807) is 28.6 Å². The summed E-state index contributed by atoms with van der Waals surface area (Å²) in [6, 6.07) is 14.4. The van der Waals surface area contributed by atoms with E-state index in [9.17, 15) is 13.2 Å². The summed E-state index contributed by atoms with van der Waals surface area (Å²) in [6.07, 6.45) is 2.90. The van der Waals surface area contributed by atoms with E-state index in [0.717, 1.165) is 40.2 Å². The third kappa shape index (κ3) is 4.10. The Morgan fingerprint density at radius 1 is 1.03 bits per heavy atom. The summed E-state index contributed by atoms with van der Waals surface area (Å²) < 4.78 is 27.7. The van der Waals surface area contributed by atoms with Crippen LogP contribution in [0.15, 0.2) is 57.9 Å². The molecular weight excluding hydrogens is 454 g/mol. The van der Waals surface area contributed by atoms with E-state index in [1.165, 1.54) is 0 Å². The first kappa shape index (κ1) is 20.1. The largest absolute Gasteiger partial charge is 0.350 e. The van der Waals surface area contributed by atoms with Crippen LogP contribution in [0.5, 0.6) is 0 Å². The minimum Gasteiger partial charge on any atom is -0.350 e. The lowest BCUT2D eigenvalue weighted by atomic mass is 10.2. The lowest BCUT2D eigenvalue weighted by Crippen LogP contribution is -2.35. The topological polar surface area (TPSA) is 82.3 Å². The highest BCUT2D eigenvalue weighted by Gasteiger charge is 2.25. The lowest BCUT2D eigenvalue weighted by Gasteiger charge is -2.25. The molecule has 6 nitrogen and oxygen atoms in total. The molecule has 8 heteroatoms. The predicted octanol–water partition coefficient (Wildman–Crippen LogP) is 4.04. The summed E-state index contributed by atoms with van der Waals surface area (Å²) >= 11 is 3.48. The molecule has 152 valence electrons. The molecule has 1 fully saturated rings. The van der Waals surface area contributed by atoms with Gasteiger partial charge in [0.05, 0.1) is 9.37 Å².